The van der Waals surface area contributed by atoms with E-state index in [0.29, 0.717) is 11.6 Å². The molecule has 0 radical (unpaired) electrons. The Morgan fingerprint density at radius 2 is 2.33 bits per heavy atom. The van der Waals surface area contributed by atoms with E-state index in [9.17, 15) is 4.79 Å². The molecule has 21 heavy (non-hydrogen) atoms. The van der Waals surface area contributed by atoms with Crippen molar-refractivity contribution in [3.05, 3.63) is 52.8 Å². The smallest absolute Gasteiger partial charge is 0.323 e. The first-order valence-corrected chi connectivity index (χ1v) is 7.51. The number of rotatable bonds is 5. The van der Waals surface area contributed by atoms with E-state index in [-0.39, 0.29) is 6.54 Å². The third-order valence-electron chi connectivity index (χ3n) is 3.00. The van der Waals surface area contributed by atoms with Crippen LogP contribution in [0.5, 0.6) is 0 Å². The molecule has 5 nitrogen and oxygen atoms in total. The summed E-state index contributed by atoms with van der Waals surface area (Å²) in [6.45, 7) is 0.312. The van der Waals surface area contributed by atoms with Crippen LogP contribution < -0.4 is 4.90 Å². The van der Waals surface area contributed by atoms with Crippen LogP contribution in [0, 0.1) is 0 Å². The van der Waals surface area contributed by atoms with Gasteiger partial charge < -0.3 is 10.0 Å². The van der Waals surface area contributed by atoms with E-state index in [2.05, 4.69) is 4.98 Å². The van der Waals surface area contributed by atoms with Gasteiger partial charge in [-0.15, -0.1) is 11.3 Å². The highest BCUT2D eigenvalue weighted by Gasteiger charge is 2.14. The van der Waals surface area contributed by atoms with Gasteiger partial charge in [-0.05, 0) is 18.2 Å². The molecule has 1 N–H and O–H groups in total. The number of carboxylic acids is 1. The molecule has 0 aliphatic carbocycles. The van der Waals surface area contributed by atoms with Crippen molar-refractivity contribution in [1.29, 1.82) is 0 Å². The van der Waals surface area contributed by atoms with Gasteiger partial charge in [0.2, 0.25) is 0 Å². The lowest BCUT2D eigenvalue weighted by atomic mass is 10.2. The molecule has 0 saturated carbocycles. The molecule has 7 heteroatoms. The Bertz CT molecular complexity index is 755. The number of imidazole rings is 1. The summed E-state index contributed by atoms with van der Waals surface area (Å²) in [7, 11) is 0. The summed E-state index contributed by atoms with van der Waals surface area (Å²) in [5.74, 6) is -0.893. The summed E-state index contributed by atoms with van der Waals surface area (Å²) in [5, 5.41) is 11.6. The summed E-state index contributed by atoms with van der Waals surface area (Å²) in [6.07, 6.45) is 3.84. The van der Waals surface area contributed by atoms with Crippen LogP contribution in [0.1, 0.15) is 5.69 Å². The van der Waals surface area contributed by atoms with Crippen molar-refractivity contribution in [2.75, 3.05) is 11.4 Å². The predicted octanol–water partition coefficient (Wildman–Crippen LogP) is 3.14. The number of carboxylic acid groups (broad SMARTS) is 1. The molecule has 0 fully saturated rings. The number of hydrogen-bond acceptors (Lipinski definition) is 4. The number of hydrogen-bond donors (Lipinski definition) is 1. The first kappa shape index (κ1) is 13.9. The quantitative estimate of drug-likeness (QED) is 0.784. The molecule has 0 aliphatic heterocycles. The van der Waals surface area contributed by atoms with Crippen LogP contribution in [0.3, 0.4) is 0 Å². The molecule has 2 heterocycles. The third-order valence-corrected chi connectivity index (χ3v) is 4.00. The Balaban J connectivity index is 1.88. The van der Waals surface area contributed by atoms with Crippen molar-refractivity contribution >= 4 is 39.6 Å². The van der Waals surface area contributed by atoms with Crippen LogP contribution in [0.25, 0.3) is 4.96 Å². The zero-order chi connectivity index (χ0) is 14.8. The molecule has 0 spiro atoms. The molecule has 0 bridgehead atoms. The second-order valence-electron chi connectivity index (χ2n) is 4.55. The monoisotopic (exact) mass is 321 g/mol. The van der Waals surface area contributed by atoms with E-state index < -0.39 is 5.97 Å². The van der Waals surface area contributed by atoms with Crippen molar-refractivity contribution in [3.8, 4) is 0 Å². The molecule has 0 unspecified atom stereocenters. The van der Waals surface area contributed by atoms with E-state index in [1.54, 1.807) is 34.4 Å². The third kappa shape index (κ3) is 3.17. The Labute approximate surface area is 130 Å². The van der Waals surface area contributed by atoms with Gasteiger partial charge in [-0.25, -0.2) is 4.98 Å². The molecule has 3 aromatic rings. The average molecular weight is 322 g/mol. The molecule has 0 amide bonds. The maximum atomic E-state index is 11.1. The normalized spacial score (nSPS) is 10.9. The Morgan fingerprint density at radius 1 is 1.48 bits per heavy atom. The van der Waals surface area contributed by atoms with Gasteiger partial charge in [-0.2, -0.15) is 0 Å². The van der Waals surface area contributed by atoms with Gasteiger partial charge in [-0.3, -0.25) is 9.20 Å². The second kappa shape index (κ2) is 5.75. The molecule has 3 rings (SSSR count). The zero-order valence-corrected chi connectivity index (χ0v) is 12.5. The van der Waals surface area contributed by atoms with E-state index in [1.165, 1.54) is 0 Å². The SMILES string of the molecule is O=C(O)CN(Cc1cn2ccsc2n1)c1cccc(Cl)c1. The summed E-state index contributed by atoms with van der Waals surface area (Å²) >= 11 is 7.53. The molecule has 2 aromatic heterocycles. The van der Waals surface area contributed by atoms with Crippen LogP contribution in [-0.4, -0.2) is 27.0 Å². The summed E-state index contributed by atoms with van der Waals surface area (Å²) in [4.78, 5) is 18.2. The maximum absolute atomic E-state index is 11.1. The fourth-order valence-electron chi connectivity index (χ4n) is 2.12. The largest absolute Gasteiger partial charge is 0.480 e. The standard InChI is InChI=1S/C14H12ClN3O2S/c15-10-2-1-3-12(6-10)18(9-13(19)20)8-11-7-17-4-5-21-14(17)16-11/h1-7H,8-9H2,(H,19,20). The minimum Gasteiger partial charge on any atom is -0.480 e. The molecular formula is C14H12ClN3O2S. The number of anilines is 1. The molecule has 1 aromatic carbocycles. The van der Waals surface area contributed by atoms with E-state index in [0.717, 1.165) is 16.3 Å². The second-order valence-corrected chi connectivity index (χ2v) is 5.86. The van der Waals surface area contributed by atoms with Crippen LogP contribution in [0.2, 0.25) is 5.02 Å². The number of benzene rings is 1. The van der Waals surface area contributed by atoms with Crippen LogP contribution in [0.15, 0.2) is 42.0 Å². The molecular weight excluding hydrogens is 310 g/mol. The highest BCUT2D eigenvalue weighted by atomic mass is 35.5. The van der Waals surface area contributed by atoms with Crippen molar-refractivity contribution in [2.45, 2.75) is 6.54 Å². The summed E-state index contributed by atoms with van der Waals surface area (Å²) in [5.41, 5.74) is 1.59. The van der Waals surface area contributed by atoms with Gasteiger partial charge in [0.05, 0.1) is 12.2 Å². The number of carbonyl (C=O) groups is 1. The van der Waals surface area contributed by atoms with E-state index in [1.807, 2.05) is 28.2 Å². The zero-order valence-electron chi connectivity index (χ0n) is 10.9. The van der Waals surface area contributed by atoms with Crippen molar-refractivity contribution < 1.29 is 9.90 Å². The number of fused-ring (bicyclic) bond motifs is 1. The molecule has 108 valence electrons. The van der Waals surface area contributed by atoms with Gasteiger partial charge in [0.15, 0.2) is 4.96 Å². The fourth-order valence-corrected chi connectivity index (χ4v) is 3.03. The summed E-state index contributed by atoms with van der Waals surface area (Å²) in [6, 6.07) is 7.16. The van der Waals surface area contributed by atoms with Gasteiger partial charge in [0.25, 0.3) is 0 Å². The van der Waals surface area contributed by atoms with Gasteiger partial charge >= 0.3 is 5.97 Å². The lowest BCUT2D eigenvalue weighted by Gasteiger charge is -2.22. The highest BCUT2D eigenvalue weighted by Crippen LogP contribution is 2.22. The number of aromatic nitrogens is 2. The number of aliphatic carboxylic acids is 1. The van der Waals surface area contributed by atoms with Gasteiger partial charge in [0, 0.05) is 28.5 Å². The van der Waals surface area contributed by atoms with Crippen LogP contribution in [0.4, 0.5) is 5.69 Å². The Kier molecular flexibility index (Phi) is 3.81. The number of nitrogens with zero attached hydrogens (tertiary/aromatic N) is 3. The summed E-state index contributed by atoms with van der Waals surface area (Å²) < 4.78 is 1.93. The van der Waals surface area contributed by atoms with Crippen molar-refractivity contribution in [3.63, 3.8) is 0 Å². The molecule has 0 atom stereocenters. The average Bonchev–Trinajstić information content (AvgIpc) is 2.98. The maximum Gasteiger partial charge on any atom is 0.323 e. The lowest BCUT2D eigenvalue weighted by Crippen LogP contribution is -2.29. The van der Waals surface area contributed by atoms with Crippen LogP contribution in [-0.2, 0) is 11.3 Å². The first-order chi connectivity index (χ1) is 10.1. The van der Waals surface area contributed by atoms with Gasteiger partial charge in [-0.1, -0.05) is 17.7 Å². The first-order valence-electron chi connectivity index (χ1n) is 6.25. The Morgan fingerprint density at radius 3 is 3.05 bits per heavy atom. The van der Waals surface area contributed by atoms with Gasteiger partial charge in [0.1, 0.15) is 6.54 Å². The topological polar surface area (TPSA) is 57.8 Å². The predicted molar refractivity (Wildman–Crippen MR) is 83.2 cm³/mol. The Hall–Kier alpha value is -2.05. The highest BCUT2D eigenvalue weighted by molar-refractivity contribution is 7.15. The van der Waals surface area contributed by atoms with E-state index >= 15 is 0 Å². The van der Waals surface area contributed by atoms with Crippen molar-refractivity contribution in [1.82, 2.24) is 9.38 Å². The van der Waals surface area contributed by atoms with Crippen LogP contribution >= 0.6 is 22.9 Å². The van der Waals surface area contributed by atoms with Crippen molar-refractivity contribution in [2.24, 2.45) is 0 Å². The molecule has 0 saturated heterocycles. The lowest BCUT2D eigenvalue weighted by molar-refractivity contribution is -0.135. The number of halogens is 1. The van der Waals surface area contributed by atoms with E-state index in [4.69, 9.17) is 16.7 Å². The fraction of sp³-hybridized carbons (Fsp3) is 0.143. The minimum atomic E-state index is -0.893. The number of thiazole rings is 1. The minimum absolute atomic E-state index is 0.106. The molecule has 0 aliphatic rings.